The van der Waals surface area contributed by atoms with E-state index in [1.54, 1.807) is 0 Å². The van der Waals surface area contributed by atoms with Crippen molar-refractivity contribution in [2.24, 2.45) is 11.7 Å². The zero-order chi connectivity index (χ0) is 15.6. The molecule has 4 N–H and O–H groups in total. The molecule has 6 nitrogen and oxygen atoms in total. The Morgan fingerprint density at radius 1 is 1.39 bits per heavy atom. The number of carbonyl (C=O) groups is 1. The fourth-order valence-corrected chi connectivity index (χ4v) is 3.62. The van der Waals surface area contributed by atoms with Crippen LogP contribution in [-0.4, -0.2) is 34.9 Å². The van der Waals surface area contributed by atoms with Gasteiger partial charge < -0.3 is 15.8 Å². The number of aromatic nitrogens is 2. The summed E-state index contributed by atoms with van der Waals surface area (Å²) in [7, 11) is 0. The van der Waals surface area contributed by atoms with Gasteiger partial charge in [-0.15, -0.1) is 12.4 Å². The number of rotatable bonds is 3. The molecule has 1 saturated carbocycles. The minimum atomic E-state index is -0.415. The number of hydrogen-bond donors (Lipinski definition) is 3. The number of nitrogens with one attached hydrogen (secondary N) is 2. The number of aromatic amines is 1. The molecule has 3 rings (SSSR count). The van der Waals surface area contributed by atoms with E-state index in [0.717, 1.165) is 57.4 Å². The van der Waals surface area contributed by atoms with Crippen molar-refractivity contribution in [1.29, 1.82) is 0 Å². The Morgan fingerprint density at radius 3 is 2.83 bits per heavy atom. The van der Waals surface area contributed by atoms with Crippen LogP contribution in [0.15, 0.2) is 6.07 Å². The van der Waals surface area contributed by atoms with Gasteiger partial charge in [0.25, 0.3) is 0 Å². The number of amides is 1. The highest BCUT2D eigenvalue weighted by atomic mass is 35.5. The SMILES string of the molecule is CC1(N)CCCCC1C(=O)Nc1cc(C2CCOCC2)[nH]n1.Cl. The Hall–Kier alpha value is -1.11. The predicted molar refractivity (Wildman–Crippen MR) is 91.8 cm³/mol. The first kappa shape index (κ1) is 18.2. The van der Waals surface area contributed by atoms with E-state index in [1.807, 2.05) is 13.0 Å². The molecule has 7 heteroatoms. The Bertz CT molecular complexity index is 526. The van der Waals surface area contributed by atoms with Crippen LogP contribution in [0.1, 0.15) is 57.1 Å². The van der Waals surface area contributed by atoms with Crippen LogP contribution in [0.25, 0.3) is 0 Å². The molecule has 1 aliphatic heterocycles. The normalized spacial score (nSPS) is 28.9. The van der Waals surface area contributed by atoms with Gasteiger partial charge in [0.15, 0.2) is 5.82 Å². The molecule has 23 heavy (non-hydrogen) atoms. The summed E-state index contributed by atoms with van der Waals surface area (Å²) in [6.45, 7) is 3.56. The van der Waals surface area contributed by atoms with Crippen molar-refractivity contribution >= 4 is 24.1 Å². The van der Waals surface area contributed by atoms with Crippen LogP contribution in [0.3, 0.4) is 0 Å². The molecule has 1 amide bonds. The smallest absolute Gasteiger partial charge is 0.230 e. The Kier molecular flexibility index (Phi) is 6.06. The first-order chi connectivity index (χ1) is 10.6. The molecule has 0 aromatic carbocycles. The second kappa shape index (κ2) is 7.64. The van der Waals surface area contributed by atoms with Crippen LogP contribution in [0.4, 0.5) is 5.82 Å². The maximum atomic E-state index is 12.5. The van der Waals surface area contributed by atoms with Crippen LogP contribution in [-0.2, 0) is 9.53 Å². The van der Waals surface area contributed by atoms with Crippen molar-refractivity contribution in [1.82, 2.24) is 10.2 Å². The topological polar surface area (TPSA) is 93.0 Å². The average molecular weight is 343 g/mol. The lowest BCUT2D eigenvalue weighted by atomic mass is 9.74. The standard InChI is InChI=1S/C16H26N4O2.ClH/c1-16(17)7-3-2-4-12(16)15(21)18-14-10-13(19-20-14)11-5-8-22-9-6-11;/h10-12H,2-9,17H2,1H3,(H2,18,19,20,21);1H. The summed E-state index contributed by atoms with van der Waals surface area (Å²) in [6, 6.07) is 1.95. The molecule has 1 aliphatic carbocycles. The molecule has 0 spiro atoms. The predicted octanol–water partition coefficient (Wildman–Crippen LogP) is 2.57. The number of nitrogens with two attached hydrogens (primary N) is 1. The molecule has 1 saturated heterocycles. The number of nitrogens with zero attached hydrogens (tertiary/aromatic N) is 1. The van der Waals surface area contributed by atoms with Gasteiger partial charge in [0, 0.05) is 36.4 Å². The number of carbonyl (C=O) groups excluding carboxylic acids is 1. The molecule has 2 atom stereocenters. The van der Waals surface area contributed by atoms with Crippen LogP contribution in [0.5, 0.6) is 0 Å². The zero-order valence-corrected chi connectivity index (χ0v) is 14.5. The van der Waals surface area contributed by atoms with E-state index in [0.29, 0.717) is 11.7 Å². The third-order valence-corrected chi connectivity index (χ3v) is 5.08. The number of halogens is 1. The second-order valence-corrected chi connectivity index (χ2v) is 6.89. The molecule has 2 aliphatic rings. The first-order valence-corrected chi connectivity index (χ1v) is 8.29. The monoisotopic (exact) mass is 342 g/mol. The molecule has 1 aromatic rings. The molecule has 1 aromatic heterocycles. The highest BCUT2D eigenvalue weighted by molar-refractivity contribution is 5.92. The Labute approximate surface area is 143 Å². The minimum absolute atomic E-state index is 0. The summed E-state index contributed by atoms with van der Waals surface area (Å²) in [5.74, 6) is 0.911. The van der Waals surface area contributed by atoms with Crippen molar-refractivity contribution in [3.8, 4) is 0 Å². The summed E-state index contributed by atoms with van der Waals surface area (Å²) in [6.07, 6.45) is 5.93. The molecular weight excluding hydrogens is 316 g/mol. The zero-order valence-electron chi connectivity index (χ0n) is 13.6. The summed E-state index contributed by atoms with van der Waals surface area (Å²) >= 11 is 0. The minimum Gasteiger partial charge on any atom is -0.381 e. The van der Waals surface area contributed by atoms with E-state index < -0.39 is 5.54 Å². The first-order valence-electron chi connectivity index (χ1n) is 8.29. The summed E-state index contributed by atoms with van der Waals surface area (Å²) in [5, 5.41) is 10.2. The fourth-order valence-electron chi connectivity index (χ4n) is 3.62. The van der Waals surface area contributed by atoms with Gasteiger partial charge in [0.2, 0.25) is 5.91 Å². The van der Waals surface area contributed by atoms with E-state index in [4.69, 9.17) is 10.5 Å². The summed E-state index contributed by atoms with van der Waals surface area (Å²) in [4.78, 5) is 12.5. The van der Waals surface area contributed by atoms with Gasteiger partial charge in [-0.25, -0.2) is 0 Å². The van der Waals surface area contributed by atoms with E-state index in [9.17, 15) is 4.79 Å². The van der Waals surface area contributed by atoms with Crippen molar-refractivity contribution < 1.29 is 9.53 Å². The van der Waals surface area contributed by atoms with Crippen molar-refractivity contribution in [2.75, 3.05) is 18.5 Å². The largest absolute Gasteiger partial charge is 0.381 e. The van der Waals surface area contributed by atoms with Gasteiger partial charge in [0.05, 0.1) is 5.92 Å². The average Bonchev–Trinajstić information content (AvgIpc) is 2.96. The van der Waals surface area contributed by atoms with E-state index in [-0.39, 0.29) is 24.2 Å². The van der Waals surface area contributed by atoms with Crippen LogP contribution >= 0.6 is 12.4 Å². The van der Waals surface area contributed by atoms with Gasteiger partial charge in [-0.3, -0.25) is 9.89 Å². The summed E-state index contributed by atoms with van der Waals surface area (Å²) < 4.78 is 5.38. The third kappa shape index (κ3) is 4.25. The van der Waals surface area contributed by atoms with E-state index in [1.165, 1.54) is 0 Å². The number of anilines is 1. The van der Waals surface area contributed by atoms with Crippen molar-refractivity contribution in [3.63, 3.8) is 0 Å². The lowest BCUT2D eigenvalue weighted by Gasteiger charge is -2.37. The second-order valence-electron chi connectivity index (χ2n) is 6.89. The van der Waals surface area contributed by atoms with E-state index in [2.05, 4.69) is 15.5 Å². The third-order valence-electron chi connectivity index (χ3n) is 5.08. The molecule has 2 fully saturated rings. The van der Waals surface area contributed by atoms with Crippen molar-refractivity contribution in [3.05, 3.63) is 11.8 Å². The Morgan fingerprint density at radius 2 is 2.13 bits per heavy atom. The fraction of sp³-hybridized carbons (Fsp3) is 0.750. The molecule has 130 valence electrons. The molecule has 2 unspecified atom stereocenters. The van der Waals surface area contributed by atoms with Gasteiger partial charge >= 0.3 is 0 Å². The molecule has 2 heterocycles. The number of ether oxygens (including phenoxy) is 1. The van der Waals surface area contributed by atoms with Crippen LogP contribution < -0.4 is 11.1 Å². The molecule has 0 radical (unpaired) electrons. The highest BCUT2D eigenvalue weighted by Crippen LogP contribution is 2.32. The molecule has 0 bridgehead atoms. The lowest BCUT2D eigenvalue weighted by Crippen LogP contribution is -2.51. The van der Waals surface area contributed by atoms with Crippen molar-refractivity contribution in [2.45, 2.75) is 56.9 Å². The van der Waals surface area contributed by atoms with Gasteiger partial charge in [-0.05, 0) is 32.6 Å². The Balaban J connectivity index is 0.00000192. The quantitative estimate of drug-likeness (QED) is 0.787. The maximum absolute atomic E-state index is 12.5. The van der Waals surface area contributed by atoms with Crippen LogP contribution in [0, 0.1) is 5.92 Å². The van der Waals surface area contributed by atoms with E-state index >= 15 is 0 Å². The van der Waals surface area contributed by atoms with Gasteiger partial charge in [0.1, 0.15) is 0 Å². The van der Waals surface area contributed by atoms with Gasteiger partial charge in [-0.1, -0.05) is 12.8 Å². The maximum Gasteiger partial charge on any atom is 0.230 e. The lowest BCUT2D eigenvalue weighted by molar-refractivity contribution is -0.122. The number of H-pyrrole nitrogens is 1. The summed E-state index contributed by atoms with van der Waals surface area (Å²) in [5.41, 5.74) is 6.96. The molecular formula is C16H27ClN4O2. The number of hydrogen-bond acceptors (Lipinski definition) is 4. The highest BCUT2D eigenvalue weighted by Gasteiger charge is 2.38. The van der Waals surface area contributed by atoms with Crippen LogP contribution in [0.2, 0.25) is 0 Å². The van der Waals surface area contributed by atoms with Gasteiger partial charge in [-0.2, -0.15) is 5.10 Å².